The zero-order valence-corrected chi connectivity index (χ0v) is 8.68. The largest absolute Gasteiger partial charge is 0.0654 e. The van der Waals surface area contributed by atoms with E-state index in [1.54, 1.807) is 0 Å². The van der Waals surface area contributed by atoms with Crippen molar-refractivity contribution in [3.8, 4) is 0 Å². The van der Waals surface area contributed by atoms with E-state index in [9.17, 15) is 0 Å². The van der Waals surface area contributed by atoms with Crippen LogP contribution < -0.4 is 0 Å². The van der Waals surface area contributed by atoms with Crippen molar-refractivity contribution in [3.63, 3.8) is 0 Å². The van der Waals surface area contributed by atoms with Gasteiger partial charge in [0.2, 0.25) is 0 Å². The molecule has 1 fully saturated rings. The first-order valence-corrected chi connectivity index (χ1v) is 5.71. The molecule has 1 aliphatic rings. The number of hydrogen-bond acceptors (Lipinski definition) is 0. The molecule has 1 saturated carbocycles. The second kappa shape index (κ2) is 5.61. The van der Waals surface area contributed by atoms with Crippen LogP contribution in [-0.2, 0) is 0 Å². The van der Waals surface area contributed by atoms with Crippen LogP contribution in [-0.4, -0.2) is 0 Å². The Labute approximate surface area is 77.7 Å². The fourth-order valence-electron chi connectivity index (χ4n) is 2.53. The van der Waals surface area contributed by atoms with Crippen molar-refractivity contribution >= 4 is 0 Å². The van der Waals surface area contributed by atoms with Gasteiger partial charge < -0.3 is 0 Å². The van der Waals surface area contributed by atoms with Crippen molar-refractivity contribution in [2.75, 3.05) is 0 Å². The lowest BCUT2D eigenvalue weighted by Crippen LogP contribution is -2.19. The molecule has 1 radical (unpaired) electrons. The lowest BCUT2D eigenvalue weighted by Gasteiger charge is -2.31. The molecule has 0 saturated heterocycles. The maximum absolute atomic E-state index is 2.59. The lowest BCUT2D eigenvalue weighted by molar-refractivity contribution is 0.263. The summed E-state index contributed by atoms with van der Waals surface area (Å²) in [5.74, 6) is 1.99. The van der Waals surface area contributed by atoms with Gasteiger partial charge in [0, 0.05) is 0 Å². The van der Waals surface area contributed by atoms with E-state index in [-0.39, 0.29) is 0 Å². The maximum Gasteiger partial charge on any atom is -0.0352 e. The highest BCUT2D eigenvalue weighted by Crippen LogP contribution is 2.34. The average molecular weight is 167 g/mol. The molecule has 0 amide bonds. The molecule has 0 spiro atoms. The Hall–Kier alpha value is 0. The summed E-state index contributed by atoms with van der Waals surface area (Å²) >= 11 is 0. The topological polar surface area (TPSA) is 0 Å². The Morgan fingerprint density at radius 2 is 1.92 bits per heavy atom. The van der Waals surface area contributed by atoms with E-state index in [0.717, 1.165) is 11.8 Å². The van der Waals surface area contributed by atoms with Crippen molar-refractivity contribution in [1.29, 1.82) is 0 Å². The van der Waals surface area contributed by atoms with Crippen molar-refractivity contribution < 1.29 is 0 Å². The number of rotatable bonds is 4. The fraction of sp³-hybridized carbons (Fsp3) is 0.917. The molecule has 12 heavy (non-hydrogen) atoms. The Balaban J connectivity index is 2.31. The Bertz CT molecular complexity index is 88.6. The van der Waals surface area contributed by atoms with Crippen LogP contribution in [0.15, 0.2) is 0 Å². The summed E-state index contributed by atoms with van der Waals surface area (Å²) in [5.41, 5.74) is 0. The molecule has 0 aromatic rings. The van der Waals surface area contributed by atoms with Crippen LogP contribution in [0.4, 0.5) is 0 Å². The summed E-state index contributed by atoms with van der Waals surface area (Å²) < 4.78 is 0. The fourth-order valence-corrected chi connectivity index (χ4v) is 2.53. The molecule has 0 aliphatic heterocycles. The first-order valence-electron chi connectivity index (χ1n) is 5.71. The Kier molecular flexibility index (Phi) is 4.72. The molecule has 0 bridgehead atoms. The molecule has 2 atom stereocenters. The summed E-state index contributed by atoms with van der Waals surface area (Å²) in [6.07, 6.45) is 12.5. The average Bonchev–Trinajstić information content (AvgIpc) is 2.09. The van der Waals surface area contributed by atoms with Crippen LogP contribution in [0.3, 0.4) is 0 Å². The third kappa shape index (κ3) is 2.80. The maximum atomic E-state index is 2.59. The second-order valence-electron chi connectivity index (χ2n) is 4.17. The summed E-state index contributed by atoms with van der Waals surface area (Å²) in [5, 5.41) is 0. The third-order valence-corrected chi connectivity index (χ3v) is 3.14. The summed E-state index contributed by atoms with van der Waals surface area (Å²) in [7, 11) is 0. The van der Waals surface area contributed by atoms with Gasteiger partial charge in [-0.25, -0.2) is 0 Å². The zero-order valence-electron chi connectivity index (χ0n) is 8.68. The first-order chi connectivity index (χ1) is 5.88. The van der Waals surface area contributed by atoms with Gasteiger partial charge in [0.15, 0.2) is 0 Å². The highest BCUT2D eigenvalue weighted by atomic mass is 14.3. The second-order valence-corrected chi connectivity index (χ2v) is 4.17. The van der Waals surface area contributed by atoms with Gasteiger partial charge >= 0.3 is 0 Å². The normalized spacial score (nSPS) is 30.5. The standard InChI is InChI=1S/C12H23/c1-3-7-11-9-5-6-10-12(11)8-4-2/h9,11-12H,3-8,10H2,1-2H3. The van der Waals surface area contributed by atoms with Gasteiger partial charge in [0.1, 0.15) is 0 Å². The van der Waals surface area contributed by atoms with Crippen LogP contribution in [0.2, 0.25) is 0 Å². The van der Waals surface area contributed by atoms with Gasteiger partial charge in [-0.05, 0) is 24.7 Å². The molecule has 0 nitrogen and oxygen atoms in total. The monoisotopic (exact) mass is 167 g/mol. The van der Waals surface area contributed by atoms with E-state index in [1.807, 2.05) is 0 Å². The van der Waals surface area contributed by atoms with Crippen LogP contribution >= 0.6 is 0 Å². The van der Waals surface area contributed by atoms with Crippen molar-refractivity contribution in [2.45, 2.75) is 58.8 Å². The predicted octanol–water partition coefficient (Wildman–Crippen LogP) is 4.21. The van der Waals surface area contributed by atoms with Crippen molar-refractivity contribution in [2.24, 2.45) is 11.8 Å². The summed E-state index contributed by atoms with van der Waals surface area (Å²) in [6.45, 7) is 4.63. The minimum absolute atomic E-state index is 0.962. The van der Waals surface area contributed by atoms with E-state index >= 15 is 0 Å². The summed E-state index contributed by atoms with van der Waals surface area (Å²) in [6, 6.07) is 0. The van der Waals surface area contributed by atoms with E-state index in [4.69, 9.17) is 0 Å². The molecule has 0 N–H and O–H groups in total. The predicted molar refractivity (Wildman–Crippen MR) is 54.9 cm³/mol. The van der Waals surface area contributed by atoms with Crippen LogP contribution in [0.5, 0.6) is 0 Å². The Morgan fingerprint density at radius 3 is 2.58 bits per heavy atom. The van der Waals surface area contributed by atoms with E-state index in [2.05, 4.69) is 20.3 Å². The molecular weight excluding hydrogens is 144 g/mol. The van der Waals surface area contributed by atoms with Gasteiger partial charge in [-0.1, -0.05) is 52.4 Å². The molecule has 0 aromatic carbocycles. The van der Waals surface area contributed by atoms with Crippen molar-refractivity contribution in [1.82, 2.24) is 0 Å². The molecule has 0 aromatic heterocycles. The summed E-state index contributed by atoms with van der Waals surface area (Å²) in [4.78, 5) is 0. The van der Waals surface area contributed by atoms with Gasteiger partial charge in [0.25, 0.3) is 0 Å². The minimum atomic E-state index is 0.962. The van der Waals surface area contributed by atoms with Gasteiger partial charge in [-0.15, -0.1) is 0 Å². The molecule has 0 heterocycles. The highest BCUT2D eigenvalue weighted by Gasteiger charge is 2.23. The Morgan fingerprint density at radius 1 is 1.17 bits per heavy atom. The third-order valence-electron chi connectivity index (χ3n) is 3.14. The van der Waals surface area contributed by atoms with Crippen LogP contribution in [0.1, 0.15) is 58.8 Å². The minimum Gasteiger partial charge on any atom is -0.0654 e. The van der Waals surface area contributed by atoms with E-state index in [1.165, 1.54) is 44.9 Å². The lowest BCUT2D eigenvalue weighted by atomic mass is 9.75. The van der Waals surface area contributed by atoms with Gasteiger partial charge in [-0.2, -0.15) is 0 Å². The van der Waals surface area contributed by atoms with Crippen LogP contribution in [0.25, 0.3) is 0 Å². The first kappa shape index (κ1) is 10.1. The van der Waals surface area contributed by atoms with Crippen molar-refractivity contribution in [3.05, 3.63) is 6.42 Å². The SMILES string of the molecule is CCCC1[CH]CCCC1CCC. The van der Waals surface area contributed by atoms with Crippen LogP contribution in [0, 0.1) is 18.3 Å². The molecular formula is C12H23. The van der Waals surface area contributed by atoms with E-state index in [0.29, 0.717) is 0 Å². The zero-order chi connectivity index (χ0) is 8.81. The van der Waals surface area contributed by atoms with Gasteiger partial charge in [0.05, 0.1) is 0 Å². The molecule has 2 unspecified atom stereocenters. The quantitative estimate of drug-likeness (QED) is 0.588. The molecule has 71 valence electrons. The van der Waals surface area contributed by atoms with Gasteiger partial charge in [-0.3, -0.25) is 0 Å². The smallest absolute Gasteiger partial charge is 0.0352 e. The molecule has 1 aliphatic carbocycles. The van der Waals surface area contributed by atoms with E-state index < -0.39 is 0 Å². The molecule has 0 heteroatoms. The highest BCUT2D eigenvalue weighted by molar-refractivity contribution is 4.86. The number of hydrogen-bond donors (Lipinski definition) is 0. The molecule has 1 rings (SSSR count).